The zero-order chi connectivity index (χ0) is 26.4. The Balaban J connectivity index is 1.51. The third-order valence-electron chi connectivity index (χ3n) is 6.84. The predicted octanol–water partition coefficient (Wildman–Crippen LogP) is 3.11. The number of unbranched alkanes of at least 4 members (excludes halogenated alkanes) is 1. The second-order valence-corrected chi connectivity index (χ2v) is 9.98. The maximum atomic E-state index is 9.59. The molecule has 0 aliphatic carbocycles. The van der Waals surface area contributed by atoms with Crippen LogP contribution < -0.4 is 20.7 Å². The SMILES string of the molecule is CCCCN(CCO)c1nc(N)nc2cn(Cc3ccc(CNC4CC(C)OC(C)C4)cc3OC)nc12. The molecule has 202 valence electrons. The van der Waals surface area contributed by atoms with Gasteiger partial charge in [0.2, 0.25) is 5.95 Å². The maximum absolute atomic E-state index is 9.59. The molecule has 0 radical (unpaired) electrons. The number of aliphatic hydroxyl groups is 1. The van der Waals surface area contributed by atoms with Crippen LogP contribution in [-0.2, 0) is 17.8 Å². The molecule has 10 nitrogen and oxygen atoms in total. The Kier molecular flexibility index (Phi) is 9.18. The lowest BCUT2D eigenvalue weighted by Crippen LogP contribution is -2.40. The second-order valence-electron chi connectivity index (χ2n) is 9.98. The number of nitrogens with two attached hydrogens (primary N) is 1. The van der Waals surface area contributed by atoms with E-state index < -0.39 is 0 Å². The van der Waals surface area contributed by atoms with E-state index in [1.165, 1.54) is 5.56 Å². The van der Waals surface area contributed by atoms with Gasteiger partial charge in [-0.15, -0.1) is 0 Å². The number of nitrogens with one attached hydrogen (secondary N) is 1. The summed E-state index contributed by atoms with van der Waals surface area (Å²) >= 11 is 0. The van der Waals surface area contributed by atoms with Crippen LogP contribution in [0.3, 0.4) is 0 Å². The van der Waals surface area contributed by atoms with Crippen molar-refractivity contribution >= 4 is 22.8 Å². The highest BCUT2D eigenvalue weighted by atomic mass is 16.5. The molecule has 4 rings (SSSR count). The summed E-state index contributed by atoms with van der Waals surface area (Å²) in [5.41, 5.74) is 9.59. The Bertz CT molecular complexity index is 1160. The predicted molar refractivity (Wildman–Crippen MR) is 146 cm³/mol. The number of nitrogen functional groups attached to an aromatic ring is 1. The molecule has 1 aromatic carbocycles. The molecule has 3 heterocycles. The molecule has 2 atom stereocenters. The molecule has 10 heteroatoms. The number of rotatable bonds is 12. The molecule has 0 bridgehead atoms. The largest absolute Gasteiger partial charge is 0.496 e. The number of hydrogen-bond donors (Lipinski definition) is 3. The third kappa shape index (κ3) is 6.88. The van der Waals surface area contributed by atoms with Gasteiger partial charge in [0.25, 0.3) is 0 Å². The lowest BCUT2D eigenvalue weighted by Gasteiger charge is -2.32. The molecular weight excluding hydrogens is 470 g/mol. The van der Waals surface area contributed by atoms with Crippen LogP contribution in [0.15, 0.2) is 24.4 Å². The molecule has 2 unspecified atom stereocenters. The maximum Gasteiger partial charge on any atom is 0.222 e. The molecule has 1 fully saturated rings. The smallest absolute Gasteiger partial charge is 0.222 e. The average molecular weight is 512 g/mol. The number of fused-ring (bicyclic) bond motifs is 1. The van der Waals surface area contributed by atoms with Crippen LogP contribution >= 0.6 is 0 Å². The highest BCUT2D eigenvalue weighted by Crippen LogP contribution is 2.26. The fourth-order valence-electron chi connectivity index (χ4n) is 5.09. The van der Waals surface area contributed by atoms with Crippen molar-refractivity contribution in [3.05, 3.63) is 35.5 Å². The molecule has 37 heavy (non-hydrogen) atoms. The van der Waals surface area contributed by atoms with Crippen LogP contribution in [0.2, 0.25) is 0 Å². The quantitative estimate of drug-likeness (QED) is 0.336. The Morgan fingerprint density at radius 1 is 1.22 bits per heavy atom. The van der Waals surface area contributed by atoms with Gasteiger partial charge < -0.3 is 30.5 Å². The standard InChI is InChI=1S/C27H41N7O3/c1-5-6-9-33(10-11-35)26-25-23(30-27(28)31-26)17-34(32-25)16-21-8-7-20(14-24(21)36-4)15-29-22-12-18(2)37-19(3)13-22/h7-8,14,17-19,22,29,35H,5-6,9-13,15-16H2,1-4H3,(H2,28,30). The zero-order valence-corrected chi connectivity index (χ0v) is 22.5. The Morgan fingerprint density at radius 2 is 2.00 bits per heavy atom. The number of hydrogen-bond acceptors (Lipinski definition) is 9. The minimum atomic E-state index is 0.0286. The summed E-state index contributed by atoms with van der Waals surface area (Å²) in [5, 5.41) is 18.1. The third-order valence-corrected chi connectivity index (χ3v) is 6.84. The monoisotopic (exact) mass is 511 g/mol. The van der Waals surface area contributed by atoms with Gasteiger partial charge in [0.1, 0.15) is 11.3 Å². The van der Waals surface area contributed by atoms with Crippen LogP contribution in [-0.4, -0.2) is 69.9 Å². The molecule has 1 aliphatic rings. The summed E-state index contributed by atoms with van der Waals surface area (Å²) in [6, 6.07) is 6.77. The summed E-state index contributed by atoms with van der Waals surface area (Å²) < 4.78 is 13.4. The second kappa shape index (κ2) is 12.5. The first kappa shape index (κ1) is 27.1. The average Bonchev–Trinajstić information content (AvgIpc) is 3.27. The van der Waals surface area contributed by atoms with Crippen LogP contribution in [0.25, 0.3) is 11.0 Å². The topological polar surface area (TPSA) is 124 Å². The van der Waals surface area contributed by atoms with Gasteiger partial charge in [0.05, 0.1) is 38.7 Å². The number of benzene rings is 1. The van der Waals surface area contributed by atoms with E-state index in [9.17, 15) is 5.11 Å². The molecule has 2 aromatic heterocycles. The minimum absolute atomic E-state index is 0.0286. The van der Waals surface area contributed by atoms with Crippen molar-refractivity contribution in [3.63, 3.8) is 0 Å². The first-order chi connectivity index (χ1) is 17.9. The fraction of sp³-hybridized carbons (Fsp3) is 0.593. The van der Waals surface area contributed by atoms with Crippen molar-refractivity contribution in [1.82, 2.24) is 25.1 Å². The van der Waals surface area contributed by atoms with E-state index in [2.05, 4.69) is 54.3 Å². The Morgan fingerprint density at radius 3 is 2.70 bits per heavy atom. The van der Waals surface area contributed by atoms with Crippen LogP contribution in [0.5, 0.6) is 5.75 Å². The number of ether oxygens (including phenoxy) is 2. The van der Waals surface area contributed by atoms with Crippen molar-refractivity contribution in [2.45, 2.75) is 77.8 Å². The lowest BCUT2D eigenvalue weighted by atomic mass is 9.99. The van der Waals surface area contributed by atoms with Gasteiger partial charge in [-0.1, -0.05) is 25.5 Å². The van der Waals surface area contributed by atoms with Crippen molar-refractivity contribution in [2.75, 3.05) is 37.4 Å². The van der Waals surface area contributed by atoms with E-state index in [1.54, 1.807) is 7.11 Å². The fourth-order valence-corrected chi connectivity index (χ4v) is 5.09. The van der Waals surface area contributed by atoms with E-state index in [1.807, 2.05) is 15.8 Å². The van der Waals surface area contributed by atoms with Gasteiger partial charge >= 0.3 is 0 Å². The highest BCUT2D eigenvalue weighted by molar-refractivity contribution is 5.86. The van der Waals surface area contributed by atoms with Crippen molar-refractivity contribution < 1.29 is 14.6 Å². The molecule has 1 aliphatic heterocycles. The van der Waals surface area contributed by atoms with E-state index in [-0.39, 0.29) is 24.8 Å². The number of methoxy groups -OCH3 is 1. The molecule has 0 saturated carbocycles. The molecule has 0 spiro atoms. The van der Waals surface area contributed by atoms with Crippen molar-refractivity contribution in [1.29, 1.82) is 0 Å². The van der Waals surface area contributed by atoms with E-state index in [0.717, 1.165) is 50.1 Å². The molecule has 0 amide bonds. The summed E-state index contributed by atoms with van der Waals surface area (Å²) in [7, 11) is 1.70. The number of aliphatic hydroxyl groups excluding tert-OH is 1. The summed E-state index contributed by atoms with van der Waals surface area (Å²) in [4.78, 5) is 10.9. The zero-order valence-electron chi connectivity index (χ0n) is 22.5. The summed E-state index contributed by atoms with van der Waals surface area (Å²) in [6.45, 7) is 8.98. The van der Waals surface area contributed by atoms with Crippen LogP contribution in [0.4, 0.5) is 11.8 Å². The number of aromatic nitrogens is 4. The van der Waals surface area contributed by atoms with Gasteiger partial charge in [-0.25, -0.2) is 4.98 Å². The molecule has 1 saturated heterocycles. The van der Waals surface area contributed by atoms with Crippen LogP contribution in [0.1, 0.15) is 57.6 Å². The van der Waals surface area contributed by atoms with Gasteiger partial charge in [-0.05, 0) is 44.7 Å². The Hall–Kier alpha value is -2.95. The minimum Gasteiger partial charge on any atom is -0.496 e. The van der Waals surface area contributed by atoms with Gasteiger partial charge in [0, 0.05) is 31.2 Å². The summed E-state index contributed by atoms with van der Waals surface area (Å²) in [5.74, 6) is 1.68. The van der Waals surface area contributed by atoms with Crippen LogP contribution in [0, 0.1) is 0 Å². The van der Waals surface area contributed by atoms with E-state index in [4.69, 9.17) is 20.3 Å². The highest BCUT2D eigenvalue weighted by Gasteiger charge is 2.24. The van der Waals surface area contributed by atoms with Crippen molar-refractivity contribution in [2.24, 2.45) is 0 Å². The van der Waals surface area contributed by atoms with Gasteiger partial charge in [-0.3, -0.25) is 4.68 Å². The first-order valence-corrected chi connectivity index (χ1v) is 13.3. The number of nitrogens with zero attached hydrogens (tertiary/aromatic N) is 5. The first-order valence-electron chi connectivity index (χ1n) is 13.3. The van der Waals surface area contributed by atoms with E-state index >= 15 is 0 Å². The summed E-state index contributed by atoms with van der Waals surface area (Å²) in [6.07, 6.45) is 6.52. The van der Waals surface area contributed by atoms with Crippen molar-refractivity contribution in [3.8, 4) is 5.75 Å². The molecular formula is C27H41N7O3. The lowest BCUT2D eigenvalue weighted by molar-refractivity contribution is -0.0422. The molecule has 4 N–H and O–H groups in total. The Labute approximate surface area is 219 Å². The van der Waals surface area contributed by atoms with Gasteiger partial charge in [0.15, 0.2) is 11.3 Å². The number of anilines is 2. The normalized spacial score (nSPS) is 19.9. The van der Waals surface area contributed by atoms with E-state index in [0.29, 0.717) is 36.0 Å². The van der Waals surface area contributed by atoms with Gasteiger partial charge in [-0.2, -0.15) is 10.1 Å². The molecule has 3 aromatic rings.